The minimum absolute atomic E-state index is 0.537. The third kappa shape index (κ3) is 3.43. The van der Waals surface area contributed by atoms with E-state index in [0.29, 0.717) is 22.5 Å². The van der Waals surface area contributed by atoms with Crippen LogP contribution in [-0.2, 0) is 5.75 Å². The summed E-state index contributed by atoms with van der Waals surface area (Å²) in [5, 5.41) is 5.38. The fourth-order valence-corrected chi connectivity index (χ4v) is 2.74. The van der Waals surface area contributed by atoms with Crippen LogP contribution < -0.4 is 0 Å². The molecule has 3 aromatic rings. The van der Waals surface area contributed by atoms with E-state index in [0.717, 1.165) is 10.6 Å². The van der Waals surface area contributed by atoms with Crippen molar-refractivity contribution in [2.24, 2.45) is 0 Å². The van der Waals surface area contributed by atoms with E-state index in [-0.39, 0.29) is 0 Å². The average Bonchev–Trinajstić information content (AvgIpc) is 2.96. The van der Waals surface area contributed by atoms with E-state index >= 15 is 0 Å². The Morgan fingerprint density at radius 1 is 1.19 bits per heavy atom. The van der Waals surface area contributed by atoms with Crippen molar-refractivity contribution in [3.63, 3.8) is 0 Å². The molecule has 0 saturated heterocycles. The molecule has 4 nitrogen and oxygen atoms in total. The molecule has 0 atom stereocenters. The minimum Gasteiger partial charge on any atom is -0.338 e. The van der Waals surface area contributed by atoms with E-state index in [4.69, 9.17) is 16.1 Å². The Morgan fingerprint density at radius 3 is 2.76 bits per heavy atom. The van der Waals surface area contributed by atoms with Gasteiger partial charge < -0.3 is 4.52 Å². The molecule has 2 aromatic heterocycles. The van der Waals surface area contributed by atoms with Crippen LogP contribution >= 0.6 is 23.4 Å². The molecule has 6 heteroatoms. The van der Waals surface area contributed by atoms with Crippen molar-refractivity contribution in [2.45, 2.75) is 17.7 Å². The van der Waals surface area contributed by atoms with Crippen LogP contribution in [0.25, 0.3) is 11.4 Å². The molecule has 3 rings (SSSR count). The third-order valence-electron chi connectivity index (χ3n) is 2.83. The van der Waals surface area contributed by atoms with Gasteiger partial charge in [-0.25, -0.2) is 4.98 Å². The van der Waals surface area contributed by atoms with Gasteiger partial charge in [0.15, 0.2) is 0 Å². The molecule has 1 aromatic carbocycles. The first-order chi connectivity index (χ1) is 10.2. The number of aromatic nitrogens is 3. The van der Waals surface area contributed by atoms with Crippen LogP contribution in [0.1, 0.15) is 11.5 Å². The number of rotatable bonds is 4. The van der Waals surface area contributed by atoms with Crippen LogP contribution in [0.5, 0.6) is 0 Å². The first-order valence-corrected chi connectivity index (χ1v) is 7.71. The Bertz CT molecular complexity index is 743. The first kappa shape index (κ1) is 14.1. The van der Waals surface area contributed by atoms with Gasteiger partial charge in [0.1, 0.15) is 5.03 Å². The first-order valence-electron chi connectivity index (χ1n) is 6.35. The summed E-state index contributed by atoms with van der Waals surface area (Å²) in [6.07, 6.45) is 1.71. The summed E-state index contributed by atoms with van der Waals surface area (Å²) in [6, 6.07) is 11.6. The number of pyridine rings is 1. The van der Waals surface area contributed by atoms with Crippen molar-refractivity contribution >= 4 is 23.4 Å². The lowest BCUT2D eigenvalue weighted by atomic mass is 10.1. The van der Waals surface area contributed by atoms with Gasteiger partial charge in [0, 0.05) is 11.8 Å². The fraction of sp³-hybridized carbons (Fsp3) is 0.133. The second kappa shape index (κ2) is 6.28. The molecular weight excluding hydrogens is 306 g/mol. The maximum Gasteiger partial charge on any atom is 0.237 e. The summed E-state index contributed by atoms with van der Waals surface area (Å²) in [5.41, 5.74) is 2.14. The second-order valence-corrected chi connectivity index (χ2v) is 5.83. The Morgan fingerprint density at radius 2 is 2.00 bits per heavy atom. The van der Waals surface area contributed by atoms with Crippen LogP contribution in [0.4, 0.5) is 0 Å². The number of halogens is 1. The highest BCUT2D eigenvalue weighted by atomic mass is 35.5. The van der Waals surface area contributed by atoms with E-state index in [1.165, 1.54) is 17.3 Å². The SMILES string of the molecule is Cc1ccc(-c2noc(CSc3ncccc3Cl)n2)cc1. The smallest absolute Gasteiger partial charge is 0.237 e. The normalized spacial score (nSPS) is 10.8. The van der Waals surface area contributed by atoms with Gasteiger partial charge in [0.2, 0.25) is 11.7 Å². The van der Waals surface area contributed by atoms with Gasteiger partial charge in [-0.15, -0.1) is 0 Å². The lowest BCUT2D eigenvalue weighted by molar-refractivity contribution is 0.391. The predicted molar refractivity (Wildman–Crippen MR) is 83.3 cm³/mol. The van der Waals surface area contributed by atoms with Crippen LogP contribution in [0.2, 0.25) is 5.02 Å². The average molecular weight is 318 g/mol. The van der Waals surface area contributed by atoms with E-state index in [9.17, 15) is 0 Å². The van der Waals surface area contributed by atoms with Crippen LogP contribution in [-0.4, -0.2) is 15.1 Å². The summed E-state index contributed by atoms with van der Waals surface area (Å²) in [6.45, 7) is 2.04. The molecular formula is C15H12ClN3OS. The molecule has 0 aliphatic heterocycles. The van der Waals surface area contributed by atoms with E-state index in [1.807, 2.05) is 37.3 Å². The predicted octanol–water partition coefficient (Wildman–Crippen LogP) is 4.39. The van der Waals surface area contributed by atoms with E-state index in [1.54, 1.807) is 12.3 Å². The molecule has 0 spiro atoms. The van der Waals surface area contributed by atoms with Crippen molar-refractivity contribution in [2.75, 3.05) is 0 Å². The fourth-order valence-electron chi connectivity index (χ4n) is 1.74. The number of benzene rings is 1. The molecule has 21 heavy (non-hydrogen) atoms. The van der Waals surface area contributed by atoms with Crippen molar-refractivity contribution in [1.82, 2.24) is 15.1 Å². The quantitative estimate of drug-likeness (QED) is 0.668. The number of hydrogen-bond acceptors (Lipinski definition) is 5. The zero-order valence-corrected chi connectivity index (χ0v) is 12.9. The van der Waals surface area contributed by atoms with Gasteiger partial charge in [-0.05, 0) is 19.1 Å². The Kier molecular flexibility index (Phi) is 4.22. The van der Waals surface area contributed by atoms with Gasteiger partial charge >= 0.3 is 0 Å². The van der Waals surface area contributed by atoms with E-state index < -0.39 is 0 Å². The number of hydrogen-bond donors (Lipinski definition) is 0. The Balaban J connectivity index is 1.71. The summed E-state index contributed by atoms with van der Waals surface area (Å²) in [7, 11) is 0. The molecule has 0 radical (unpaired) electrons. The highest BCUT2D eigenvalue weighted by Crippen LogP contribution is 2.27. The number of aryl methyl sites for hydroxylation is 1. The van der Waals surface area contributed by atoms with Crippen LogP contribution in [0.3, 0.4) is 0 Å². The largest absolute Gasteiger partial charge is 0.338 e. The maximum absolute atomic E-state index is 6.06. The van der Waals surface area contributed by atoms with Crippen molar-refractivity contribution in [3.05, 3.63) is 59.1 Å². The molecule has 0 fully saturated rings. The summed E-state index contributed by atoms with van der Waals surface area (Å²) in [5.74, 6) is 1.69. The molecule has 0 saturated carbocycles. The van der Waals surface area contributed by atoms with Gasteiger partial charge in [-0.2, -0.15) is 4.98 Å². The highest BCUT2D eigenvalue weighted by molar-refractivity contribution is 7.98. The molecule has 0 amide bonds. The van der Waals surface area contributed by atoms with Crippen LogP contribution in [0.15, 0.2) is 52.1 Å². The Hall–Kier alpha value is -1.85. The monoisotopic (exact) mass is 317 g/mol. The van der Waals surface area contributed by atoms with E-state index in [2.05, 4.69) is 15.1 Å². The molecule has 2 heterocycles. The third-order valence-corrected chi connectivity index (χ3v) is 4.24. The molecule has 0 bridgehead atoms. The van der Waals surface area contributed by atoms with Gasteiger partial charge in [-0.3, -0.25) is 0 Å². The zero-order valence-electron chi connectivity index (χ0n) is 11.3. The lowest BCUT2D eigenvalue weighted by Crippen LogP contribution is -1.85. The van der Waals surface area contributed by atoms with Gasteiger partial charge in [0.25, 0.3) is 0 Å². The van der Waals surface area contributed by atoms with Crippen molar-refractivity contribution < 1.29 is 4.52 Å². The standard InChI is InChI=1S/C15H12ClN3OS/c1-10-4-6-11(7-5-10)14-18-13(20-19-14)9-21-15-12(16)3-2-8-17-15/h2-8H,9H2,1H3. The Labute approximate surface area is 131 Å². The van der Waals surface area contributed by atoms with Crippen molar-refractivity contribution in [3.8, 4) is 11.4 Å². The minimum atomic E-state index is 0.537. The van der Waals surface area contributed by atoms with Gasteiger partial charge in [0.05, 0.1) is 10.8 Å². The maximum atomic E-state index is 6.06. The molecule has 0 N–H and O–H groups in total. The van der Waals surface area contributed by atoms with Crippen molar-refractivity contribution in [1.29, 1.82) is 0 Å². The van der Waals surface area contributed by atoms with Crippen LogP contribution in [0, 0.1) is 6.92 Å². The summed E-state index contributed by atoms with van der Waals surface area (Å²) >= 11 is 7.53. The zero-order chi connectivity index (χ0) is 14.7. The number of thioether (sulfide) groups is 1. The highest BCUT2D eigenvalue weighted by Gasteiger charge is 2.10. The molecule has 0 aliphatic carbocycles. The topological polar surface area (TPSA) is 51.8 Å². The lowest BCUT2D eigenvalue weighted by Gasteiger charge is -1.99. The molecule has 0 aliphatic rings. The second-order valence-electron chi connectivity index (χ2n) is 4.46. The van der Waals surface area contributed by atoms with Gasteiger partial charge in [-0.1, -0.05) is 58.3 Å². The number of nitrogens with zero attached hydrogens (tertiary/aromatic N) is 3. The summed E-state index contributed by atoms with van der Waals surface area (Å²) in [4.78, 5) is 8.59. The summed E-state index contributed by atoms with van der Waals surface area (Å²) < 4.78 is 5.26. The molecule has 106 valence electrons. The molecule has 0 unspecified atom stereocenters.